The van der Waals surface area contributed by atoms with Gasteiger partial charge in [0.05, 0.1) is 0 Å². The first-order chi connectivity index (χ1) is 15.3. The zero-order valence-corrected chi connectivity index (χ0v) is 25.9. The van der Waals surface area contributed by atoms with Crippen LogP contribution in [0.3, 0.4) is 0 Å². The fraction of sp³-hybridized carbons (Fsp3) is 0.484. The van der Waals surface area contributed by atoms with Gasteiger partial charge in [-0.05, 0) is 0 Å². The number of rotatable bonds is 6. The second kappa shape index (κ2) is 9.48. The molecule has 0 N–H and O–H groups in total. The molecule has 1 aliphatic rings. The van der Waals surface area contributed by atoms with Gasteiger partial charge in [0.2, 0.25) is 0 Å². The van der Waals surface area contributed by atoms with Gasteiger partial charge in [0.1, 0.15) is 0 Å². The molecule has 0 bridgehead atoms. The molecule has 0 nitrogen and oxygen atoms in total. The Hall–Kier alpha value is -1.15. The van der Waals surface area contributed by atoms with Crippen LogP contribution in [0.5, 0.6) is 0 Å². The fourth-order valence-corrected chi connectivity index (χ4v) is 17.0. The number of hydrogen-bond acceptors (Lipinski definition) is 0. The average molecular weight is 494 g/mol. The first-order valence-corrected chi connectivity index (χ1v) is 19.2. The molecule has 0 saturated carbocycles. The van der Waals surface area contributed by atoms with E-state index in [4.69, 9.17) is 0 Å². The predicted molar refractivity (Wildman–Crippen MR) is 148 cm³/mol. The molecular weight excluding hydrogens is 448 g/mol. The molecule has 2 heteroatoms. The Morgan fingerprint density at radius 2 is 1.18 bits per heavy atom. The summed E-state index contributed by atoms with van der Waals surface area (Å²) in [6.45, 7) is 24.1. The van der Waals surface area contributed by atoms with Crippen LogP contribution in [0.2, 0.25) is 22.0 Å². The van der Waals surface area contributed by atoms with Crippen molar-refractivity contribution in [3.63, 3.8) is 0 Å². The summed E-state index contributed by atoms with van der Waals surface area (Å²) in [5.74, 6) is 0. The van der Waals surface area contributed by atoms with E-state index in [9.17, 15) is 0 Å². The number of benzene rings is 2. The minimum absolute atomic E-state index is 0.130. The molecule has 0 aromatic heterocycles. The molecule has 0 radical (unpaired) electrons. The molecule has 33 heavy (non-hydrogen) atoms. The van der Waals surface area contributed by atoms with Gasteiger partial charge in [0, 0.05) is 0 Å². The van der Waals surface area contributed by atoms with Crippen LogP contribution in [-0.2, 0) is 30.7 Å². The van der Waals surface area contributed by atoms with Crippen LogP contribution in [0.4, 0.5) is 0 Å². The van der Waals surface area contributed by atoms with Gasteiger partial charge in [-0.25, -0.2) is 0 Å². The van der Waals surface area contributed by atoms with Crippen molar-refractivity contribution in [3.05, 3.63) is 78.7 Å². The van der Waals surface area contributed by atoms with Crippen molar-refractivity contribution < 1.29 is 17.9 Å². The van der Waals surface area contributed by atoms with Crippen molar-refractivity contribution in [2.45, 2.75) is 97.2 Å². The third kappa shape index (κ3) is 4.03. The van der Waals surface area contributed by atoms with Crippen molar-refractivity contribution in [1.29, 1.82) is 0 Å². The van der Waals surface area contributed by atoms with Crippen LogP contribution in [0, 0.1) is 20.8 Å². The van der Waals surface area contributed by atoms with Crippen LogP contribution in [-0.4, -0.2) is 8.07 Å². The van der Waals surface area contributed by atoms with Crippen molar-refractivity contribution >= 4 is 18.4 Å². The van der Waals surface area contributed by atoms with Crippen LogP contribution in [0.1, 0.15) is 69.4 Å². The molecule has 177 valence electrons. The molecule has 2 unspecified atom stereocenters. The van der Waals surface area contributed by atoms with Crippen molar-refractivity contribution in [1.82, 2.24) is 0 Å². The summed E-state index contributed by atoms with van der Waals surface area (Å²) < 4.78 is 1.84. The zero-order valence-electron chi connectivity index (χ0n) is 23.3. The van der Waals surface area contributed by atoms with Crippen molar-refractivity contribution in [3.8, 4) is 0 Å². The van der Waals surface area contributed by atoms with Gasteiger partial charge in [-0.1, -0.05) is 0 Å². The first kappa shape index (κ1) is 26.5. The minimum atomic E-state index is -2.22. The molecule has 1 aliphatic carbocycles. The fourth-order valence-electron chi connectivity index (χ4n) is 6.43. The van der Waals surface area contributed by atoms with E-state index in [1.165, 1.54) is 27.8 Å². The van der Waals surface area contributed by atoms with E-state index in [1.807, 2.05) is 3.88 Å². The van der Waals surface area contributed by atoms with Crippen LogP contribution in [0.25, 0.3) is 0 Å². The molecule has 0 aliphatic heterocycles. The molecule has 0 amide bonds. The van der Waals surface area contributed by atoms with Gasteiger partial charge in [-0.15, -0.1) is 0 Å². The van der Waals surface area contributed by atoms with Crippen LogP contribution < -0.4 is 10.4 Å². The van der Waals surface area contributed by atoms with Gasteiger partial charge < -0.3 is 0 Å². The SMILES string of the molecule is CCc1cc(CC)cc([Si](C)(c2cc(C)c(C)c(C)c2)C2(C)C(C)=C(C)C(C)=[C]2[Ti]([CH3])[CH3])c1. The predicted octanol–water partition coefficient (Wildman–Crippen LogP) is 8.03. The van der Waals surface area contributed by atoms with Gasteiger partial charge in [0.15, 0.2) is 0 Å². The molecule has 3 rings (SSSR count). The summed E-state index contributed by atoms with van der Waals surface area (Å²) in [5, 5.41) is 8.51. The Balaban J connectivity index is 2.52. The molecule has 0 fully saturated rings. The second-order valence-corrected chi connectivity index (χ2v) is 19.3. The summed E-state index contributed by atoms with van der Waals surface area (Å²) in [7, 11) is -2.22. The zero-order chi connectivity index (χ0) is 24.9. The quantitative estimate of drug-likeness (QED) is 0.357. The Kier molecular flexibility index (Phi) is 7.60. The maximum absolute atomic E-state index is 2.70. The van der Waals surface area contributed by atoms with E-state index >= 15 is 0 Å². The summed E-state index contributed by atoms with van der Waals surface area (Å²) in [4.78, 5) is 0. The molecule has 0 spiro atoms. The van der Waals surface area contributed by atoms with E-state index in [1.54, 1.807) is 27.1 Å². The van der Waals surface area contributed by atoms with Crippen molar-refractivity contribution in [2.24, 2.45) is 0 Å². The third-order valence-electron chi connectivity index (χ3n) is 9.20. The Bertz CT molecular complexity index is 1100. The van der Waals surface area contributed by atoms with Crippen molar-refractivity contribution in [2.75, 3.05) is 0 Å². The average Bonchev–Trinajstić information content (AvgIpc) is 2.96. The third-order valence-corrected chi connectivity index (χ3v) is 18.0. The van der Waals surface area contributed by atoms with E-state index in [0.717, 1.165) is 12.8 Å². The van der Waals surface area contributed by atoms with E-state index in [0.29, 0.717) is 0 Å². The Morgan fingerprint density at radius 3 is 1.61 bits per heavy atom. The van der Waals surface area contributed by atoms with Crippen LogP contribution in [0.15, 0.2) is 50.9 Å². The topological polar surface area (TPSA) is 0 Å². The monoisotopic (exact) mass is 493 g/mol. The van der Waals surface area contributed by atoms with Gasteiger partial charge >= 0.3 is 212 Å². The normalized spacial score (nSPS) is 20.5. The van der Waals surface area contributed by atoms with E-state index in [-0.39, 0.29) is 5.04 Å². The molecule has 2 atom stereocenters. The molecule has 0 saturated heterocycles. The Morgan fingerprint density at radius 1 is 0.727 bits per heavy atom. The van der Waals surface area contributed by atoms with E-state index in [2.05, 4.69) is 110 Å². The van der Waals surface area contributed by atoms with Gasteiger partial charge in [-0.3, -0.25) is 0 Å². The Labute approximate surface area is 211 Å². The summed E-state index contributed by atoms with van der Waals surface area (Å²) in [5.41, 5.74) is 12.1. The molecule has 2 aromatic rings. The second-order valence-electron chi connectivity index (χ2n) is 11.0. The van der Waals surface area contributed by atoms with Gasteiger partial charge in [0.25, 0.3) is 0 Å². The molecule has 2 aromatic carbocycles. The summed E-state index contributed by atoms with van der Waals surface area (Å²) in [6, 6.07) is 12.7. The summed E-state index contributed by atoms with van der Waals surface area (Å²) >= 11 is -1.34. The number of hydrogen-bond donors (Lipinski definition) is 0. The molecule has 0 heterocycles. The number of allylic oxidation sites excluding steroid dienone is 4. The van der Waals surface area contributed by atoms with E-state index < -0.39 is 25.9 Å². The standard InChI is InChI=1S/C29H39Si.2CH3.Ti/c1-11-25-15-26(12-2)17-28(16-25)30(10,27-13-19(3)22(6)20(4)14-27)29(9)18-21(5)23(7)24(29)8;;;/h13-17H,11-12H2,1-10H3;2*1H3;. The van der Waals surface area contributed by atoms with Crippen LogP contribution >= 0.6 is 0 Å². The molecular formula is C31H45SiTi. The summed E-state index contributed by atoms with van der Waals surface area (Å²) in [6.07, 6.45) is 2.20. The first-order valence-electron chi connectivity index (χ1n) is 12.8. The number of aryl methyl sites for hydroxylation is 4. The maximum atomic E-state index is 2.70. The van der Waals surface area contributed by atoms with Gasteiger partial charge in [-0.2, -0.15) is 0 Å².